The topological polar surface area (TPSA) is 0 Å². The lowest BCUT2D eigenvalue weighted by atomic mass is 10.0. The van der Waals surface area contributed by atoms with Crippen LogP contribution in [0.5, 0.6) is 0 Å². The van der Waals surface area contributed by atoms with Gasteiger partial charge in [-0.1, -0.05) is 88.0 Å². The zero-order valence-corrected chi connectivity index (χ0v) is 13.6. The van der Waals surface area contributed by atoms with Crippen LogP contribution in [0.1, 0.15) is 88.0 Å². The first-order chi connectivity index (χ1) is 7.37. The van der Waals surface area contributed by atoms with Gasteiger partial charge in [-0.25, -0.2) is 0 Å². The van der Waals surface area contributed by atoms with E-state index in [1.165, 1.54) is 25.7 Å². The highest BCUT2D eigenvalue weighted by atomic mass is 14.0. The molecule has 0 aromatic carbocycles. The van der Waals surface area contributed by atoms with E-state index in [0.717, 1.165) is 17.8 Å². The van der Waals surface area contributed by atoms with Crippen molar-refractivity contribution >= 4 is 0 Å². The molecule has 0 spiro atoms. The summed E-state index contributed by atoms with van der Waals surface area (Å²) in [6.45, 7) is 20.1. The predicted molar refractivity (Wildman–Crippen MR) is 80.0 cm³/mol. The lowest BCUT2D eigenvalue weighted by Gasteiger charge is -2.05. The van der Waals surface area contributed by atoms with Crippen molar-refractivity contribution in [2.45, 2.75) is 88.0 Å². The van der Waals surface area contributed by atoms with Crippen molar-refractivity contribution in [2.75, 3.05) is 0 Å². The molecule has 0 aromatic rings. The molecule has 0 unspecified atom stereocenters. The Kier molecular flexibility index (Phi) is 23.2. The van der Waals surface area contributed by atoms with Crippen LogP contribution in [-0.2, 0) is 0 Å². The SMILES string of the molecule is CC(C)C(C)C.CCC(C)CC.CCCC. The zero-order valence-electron chi connectivity index (χ0n) is 13.6. The minimum absolute atomic E-state index is 0.852. The second kappa shape index (κ2) is 17.4. The molecule has 0 aliphatic heterocycles. The van der Waals surface area contributed by atoms with Gasteiger partial charge in [0.2, 0.25) is 0 Å². The largest absolute Gasteiger partial charge is 0.0654 e. The van der Waals surface area contributed by atoms with Crippen LogP contribution < -0.4 is 0 Å². The Labute approximate surface area is 106 Å². The summed E-state index contributed by atoms with van der Waals surface area (Å²) < 4.78 is 0. The molecule has 0 saturated carbocycles. The minimum atomic E-state index is 0.852. The second-order valence-electron chi connectivity index (χ2n) is 5.41. The number of hydrogen-bond donors (Lipinski definition) is 0. The summed E-state index contributed by atoms with van der Waals surface area (Å²) in [4.78, 5) is 0. The first-order valence-corrected chi connectivity index (χ1v) is 7.37. The normalized spacial score (nSPS) is 9.75. The first-order valence-electron chi connectivity index (χ1n) is 7.37. The van der Waals surface area contributed by atoms with E-state index >= 15 is 0 Å². The molecule has 0 N–H and O–H groups in total. The standard InChI is InChI=1S/2C6H14.C4H10/c1-5(2)6(3)4;1-4-6(3)5-2;1-3-4-2/h5-6H,1-4H3;6H,4-5H2,1-3H3;3-4H2,1-2H3. The van der Waals surface area contributed by atoms with E-state index in [4.69, 9.17) is 0 Å². The van der Waals surface area contributed by atoms with E-state index in [2.05, 4.69) is 62.3 Å². The summed E-state index contributed by atoms with van der Waals surface area (Å²) in [7, 11) is 0. The molecular formula is C16H38. The van der Waals surface area contributed by atoms with Gasteiger partial charge in [0.25, 0.3) is 0 Å². The summed E-state index contributed by atoms with van der Waals surface area (Å²) in [6.07, 6.45) is 5.30. The minimum Gasteiger partial charge on any atom is -0.0654 e. The molecule has 0 bridgehead atoms. The van der Waals surface area contributed by atoms with Crippen molar-refractivity contribution in [1.82, 2.24) is 0 Å². The zero-order chi connectivity index (χ0) is 13.6. The molecule has 102 valence electrons. The molecule has 0 aliphatic rings. The fourth-order valence-electron chi connectivity index (χ4n) is 0.289. The summed E-state index contributed by atoms with van der Waals surface area (Å²) in [6, 6.07) is 0. The molecule has 0 aromatic heterocycles. The first kappa shape index (κ1) is 21.3. The third-order valence-corrected chi connectivity index (χ3v) is 3.23. The Balaban J connectivity index is -0.000000162. The van der Waals surface area contributed by atoms with E-state index in [-0.39, 0.29) is 0 Å². The number of unbranched alkanes of at least 4 members (excludes halogenated alkanes) is 1. The molecule has 0 rings (SSSR count). The molecule has 0 radical (unpaired) electrons. The Bertz CT molecular complexity index is 80.2. The average Bonchev–Trinajstić information content (AvgIpc) is 2.28. The van der Waals surface area contributed by atoms with Crippen LogP contribution in [0.25, 0.3) is 0 Å². The highest BCUT2D eigenvalue weighted by Gasteiger charge is 1.95. The fraction of sp³-hybridized carbons (Fsp3) is 1.00. The Morgan fingerprint density at radius 2 is 0.812 bits per heavy atom. The Hall–Kier alpha value is 0. The van der Waals surface area contributed by atoms with E-state index < -0.39 is 0 Å². The Morgan fingerprint density at radius 1 is 0.562 bits per heavy atom. The maximum atomic E-state index is 2.28. The monoisotopic (exact) mass is 230 g/mol. The maximum Gasteiger partial charge on any atom is -0.0448 e. The number of rotatable bonds is 4. The second-order valence-corrected chi connectivity index (χ2v) is 5.41. The van der Waals surface area contributed by atoms with Gasteiger partial charge < -0.3 is 0 Å². The van der Waals surface area contributed by atoms with E-state index in [1.807, 2.05) is 0 Å². The maximum absolute atomic E-state index is 2.28. The summed E-state index contributed by atoms with van der Waals surface area (Å²) in [5.74, 6) is 2.64. The van der Waals surface area contributed by atoms with Crippen LogP contribution in [0.3, 0.4) is 0 Å². The van der Waals surface area contributed by atoms with Crippen molar-refractivity contribution in [3.63, 3.8) is 0 Å². The van der Waals surface area contributed by atoms with Crippen molar-refractivity contribution in [3.8, 4) is 0 Å². The van der Waals surface area contributed by atoms with Gasteiger partial charge in [-0.2, -0.15) is 0 Å². The van der Waals surface area contributed by atoms with E-state index in [9.17, 15) is 0 Å². The quantitative estimate of drug-likeness (QED) is 0.514. The third kappa shape index (κ3) is 29.2. The van der Waals surface area contributed by atoms with Gasteiger partial charge in [0, 0.05) is 0 Å². The summed E-state index contributed by atoms with van der Waals surface area (Å²) >= 11 is 0. The van der Waals surface area contributed by atoms with Crippen molar-refractivity contribution in [3.05, 3.63) is 0 Å². The molecule has 0 aliphatic carbocycles. The van der Waals surface area contributed by atoms with Crippen LogP contribution in [0, 0.1) is 17.8 Å². The highest BCUT2D eigenvalue weighted by molar-refractivity contribution is 4.46. The van der Waals surface area contributed by atoms with Crippen LogP contribution in [0.2, 0.25) is 0 Å². The van der Waals surface area contributed by atoms with Crippen molar-refractivity contribution < 1.29 is 0 Å². The van der Waals surface area contributed by atoms with Gasteiger partial charge >= 0.3 is 0 Å². The van der Waals surface area contributed by atoms with E-state index in [1.54, 1.807) is 0 Å². The van der Waals surface area contributed by atoms with Crippen molar-refractivity contribution in [1.29, 1.82) is 0 Å². The molecule has 0 atom stereocenters. The van der Waals surface area contributed by atoms with Crippen LogP contribution in [-0.4, -0.2) is 0 Å². The molecular weight excluding hydrogens is 192 g/mol. The highest BCUT2D eigenvalue weighted by Crippen LogP contribution is 2.05. The molecule has 16 heavy (non-hydrogen) atoms. The lowest BCUT2D eigenvalue weighted by molar-refractivity contribution is 0.457. The molecule has 0 saturated heterocycles. The van der Waals surface area contributed by atoms with Gasteiger partial charge in [0.15, 0.2) is 0 Å². The van der Waals surface area contributed by atoms with Crippen LogP contribution in [0.4, 0.5) is 0 Å². The van der Waals surface area contributed by atoms with Crippen LogP contribution in [0.15, 0.2) is 0 Å². The average molecular weight is 230 g/mol. The van der Waals surface area contributed by atoms with Gasteiger partial charge in [-0.3, -0.25) is 0 Å². The smallest absolute Gasteiger partial charge is 0.0448 e. The van der Waals surface area contributed by atoms with Crippen LogP contribution >= 0.6 is 0 Å². The van der Waals surface area contributed by atoms with Gasteiger partial charge in [-0.15, -0.1) is 0 Å². The molecule has 0 nitrogen and oxygen atoms in total. The molecule has 0 heterocycles. The Morgan fingerprint density at radius 3 is 0.812 bits per heavy atom. The van der Waals surface area contributed by atoms with Gasteiger partial charge in [-0.05, 0) is 17.8 Å². The van der Waals surface area contributed by atoms with Gasteiger partial charge in [0.1, 0.15) is 0 Å². The number of hydrogen-bond acceptors (Lipinski definition) is 0. The van der Waals surface area contributed by atoms with Crippen molar-refractivity contribution in [2.24, 2.45) is 17.8 Å². The molecule has 0 heteroatoms. The lowest BCUT2D eigenvalue weighted by Crippen LogP contribution is -1.95. The summed E-state index contributed by atoms with van der Waals surface area (Å²) in [5, 5.41) is 0. The summed E-state index contributed by atoms with van der Waals surface area (Å²) in [5.41, 5.74) is 0. The molecule has 0 amide bonds. The van der Waals surface area contributed by atoms with E-state index in [0.29, 0.717) is 0 Å². The van der Waals surface area contributed by atoms with Gasteiger partial charge in [0.05, 0.1) is 0 Å². The fourth-order valence-corrected chi connectivity index (χ4v) is 0.289. The third-order valence-electron chi connectivity index (χ3n) is 3.23. The predicted octanol–water partition coefficient (Wildman–Crippen LogP) is 6.55. The molecule has 0 fully saturated rings.